The smallest absolute Gasteiger partial charge is 0.310 e. The van der Waals surface area contributed by atoms with E-state index >= 15 is 0 Å². The van der Waals surface area contributed by atoms with Gasteiger partial charge < -0.3 is 14.5 Å². The number of carbonyl (C=O) groups excluding carboxylic acids is 1. The van der Waals surface area contributed by atoms with Gasteiger partial charge in [-0.05, 0) is 84.1 Å². The minimum absolute atomic E-state index is 0.0200. The Balaban J connectivity index is 2.48. The van der Waals surface area contributed by atoms with Gasteiger partial charge in [-0.1, -0.05) is 66.7 Å². The zero-order valence-electron chi connectivity index (χ0n) is 26.8. The minimum Gasteiger partial charge on any atom is -0.442 e. The maximum atomic E-state index is 13.9. The lowest BCUT2D eigenvalue weighted by molar-refractivity contribution is -0.184. The molecular weight excluding hydrogens is 528 g/mol. The van der Waals surface area contributed by atoms with Crippen LogP contribution in [-0.4, -0.2) is 52.4 Å². The van der Waals surface area contributed by atoms with Crippen LogP contribution in [0, 0.1) is 11.3 Å². The highest BCUT2D eigenvalue weighted by molar-refractivity contribution is 7.90. The van der Waals surface area contributed by atoms with Gasteiger partial charge >= 0.3 is 5.97 Å². The number of piperidine rings is 1. The van der Waals surface area contributed by atoms with Crippen LogP contribution in [0.25, 0.3) is 0 Å². The average molecular weight is 589 g/mol. The van der Waals surface area contributed by atoms with Crippen LogP contribution in [0.5, 0.6) is 0 Å². The van der Waals surface area contributed by atoms with Crippen molar-refractivity contribution in [2.45, 2.75) is 161 Å². The zero-order valence-corrected chi connectivity index (χ0v) is 28.6. The van der Waals surface area contributed by atoms with Crippen LogP contribution in [0.15, 0.2) is 0 Å². The van der Waals surface area contributed by atoms with Gasteiger partial charge in [0.1, 0.15) is 0 Å². The predicted octanol–water partition coefficient (Wildman–Crippen LogP) is 6.88. The SMILES string of the molecule is CCCCCCC[C@@H](CC)C(=O)O[C@]1(NS(=O)(=O)C(C)(C)C)C[C@H](O[Si](C)(C)C(C)(C)C)CC12CCNCC2. The van der Waals surface area contributed by atoms with Crippen molar-refractivity contribution in [2.24, 2.45) is 11.3 Å². The molecule has 7 nitrogen and oxygen atoms in total. The summed E-state index contributed by atoms with van der Waals surface area (Å²) in [5.74, 6) is -0.503. The molecule has 1 saturated carbocycles. The summed E-state index contributed by atoms with van der Waals surface area (Å²) in [6, 6.07) is 0. The molecule has 2 N–H and O–H groups in total. The Hall–Kier alpha value is -0.483. The van der Waals surface area contributed by atoms with Crippen LogP contribution in [-0.2, 0) is 24.0 Å². The minimum atomic E-state index is -3.81. The Morgan fingerprint density at radius 2 is 1.59 bits per heavy atom. The molecule has 0 radical (unpaired) electrons. The number of sulfonamides is 1. The molecule has 9 heteroatoms. The van der Waals surface area contributed by atoms with E-state index in [-0.39, 0.29) is 23.0 Å². The number of hydrogen-bond acceptors (Lipinski definition) is 6. The highest BCUT2D eigenvalue weighted by Gasteiger charge is 2.64. The lowest BCUT2D eigenvalue weighted by Gasteiger charge is -2.48. The summed E-state index contributed by atoms with van der Waals surface area (Å²) in [6.45, 7) is 22.0. The van der Waals surface area contributed by atoms with Crippen LogP contribution < -0.4 is 10.0 Å². The summed E-state index contributed by atoms with van der Waals surface area (Å²) < 4.78 is 43.0. The van der Waals surface area contributed by atoms with Crippen molar-refractivity contribution in [3.05, 3.63) is 0 Å². The largest absolute Gasteiger partial charge is 0.442 e. The molecule has 39 heavy (non-hydrogen) atoms. The third-order valence-corrected chi connectivity index (χ3v) is 16.4. The number of hydrogen-bond donors (Lipinski definition) is 2. The highest BCUT2D eigenvalue weighted by atomic mass is 32.2. The summed E-state index contributed by atoms with van der Waals surface area (Å²) in [4.78, 5) is 13.9. The van der Waals surface area contributed by atoms with Crippen molar-refractivity contribution in [2.75, 3.05) is 13.1 Å². The molecule has 0 unspecified atom stereocenters. The molecule has 0 amide bonds. The lowest BCUT2D eigenvalue weighted by Crippen LogP contribution is -2.64. The van der Waals surface area contributed by atoms with Crippen molar-refractivity contribution in [1.82, 2.24) is 10.0 Å². The van der Waals surface area contributed by atoms with E-state index in [0.29, 0.717) is 19.3 Å². The second kappa shape index (κ2) is 13.2. The fourth-order valence-electron chi connectivity index (χ4n) is 5.83. The van der Waals surface area contributed by atoms with Crippen LogP contribution in [0.1, 0.15) is 126 Å². The Bertz CT molecular complexity index is 903. The van der Waals surface area contributed by atoms with E-state index in [1.807, 2.05) is 6.92 Å². The van der Waals surface area contributed by atoms with E-state index in [9.17, 15) is 13.2 Å². The van der Waals surface area contributed by atoms with E-state index in [0.717, 1.165) is 45.2 Å². The Kier molecular flexibility index (Phi) is 11.8. The number of rotatable bonds is 13. The van der Waals surface area contributed by atoms with Gasteiger partial charge in [0.15, 0.2) is 14.0 Å². The van der Waals surface area contributed by atoms with Gasteiger partial charge in [0.05, 0.1) is 16.8 Å². The summed E-state index contributed by atoms with van der Waals surface area (Å²) >= 11 is 0. The van der Waals surface area contributed by atoms with Gasteiger partial charge in [0.25, 0.3) is 0 Å². The molecule has 3 atom stereocenters. The first-order valence-corrected chi connectivity index (χ1v) is 19.9. The fraction of sp³-hybridized carbons (Fsp3) is 0.967. The summed E-state index contributed by atoms with van der Waals surface area (Å²) in [5, 5.41) is 3.46. The molecule has 1 aliphatic heterocycles. The van der Waals surface area contributed by atoms with Crippen LogP contribution in [0.2, 0.25) is 18.1 Å². The third kappa shape index (κ3) is 8.30. The second-order valence-corrected chi connectivity index (χ2v) is 21.9. The van der Waals surface area contributed by atoms with Gasteiger partial charge in [-0.15, -0.1) is 0 Å². The maximum absolute atomic E-state index is 13.9. The number of nitrogens with one attached hydrogen (secondary N) is 2. The topological polar surface area (TPSA) is 93.7 Å². The van der Waals surface area contributed by atoms with Gasteiger partial charge in [-0.2, -0.15) is 4.72 Å². The molecule has 2 fully saturated rings. The van der Waals surface area contributed by atoms with Crippen molar-refractivity contribution in [1.29, 1.82) is 0 Å². The lowest BCUT2D eigenvalue weighted by atomic mass is 9.72. The predicted molar refractivity (Wildman–Crippen MR) is 164 cm³/mol. The number of unbranched alkanes of at least 4 members (excludes halogenated alkanes) is 4. The summed E-state index contributed by atoms with van der Waals surface area (Å²) in [7, 11) is -5.95. The van der Waals surface area contributed by atoms with Crippen molar-refractivity contribution in [3.8, 4) is 0 Å². The Labute approximate surface area is 241 Å². The van der Waals surface area contributed by atoms with E-state index < -0.39 is 34.2 Å². The molecule has 1 heterocycles. The van der Waals surface area contributed by atoms with Crippen LogP contribution in [0.3, 0.4) is 0 Å². The number of carbonyl (C=O) groups is 1. The van der Waals surface area contributed by atoms with Gasteiger partial charge in [0.2, 0.25) is 10.0 Å². The van der Waals surface area contributed by atoms with Crippen molar-refractivity contribution in [3.63, 3.8) is 0 Å². The molecule has 1 spiro atoms. The van der Waals surface area contributed by atoms with Crippen molar-refractivity contribution < 1.29 is 22.4 Å². The Morgan fingerprint density at radius 3 is 2.10 bits per heavy atom. The van der Waals surface area contributed by atoms with Crippen LogP contribution >= 0.6 is 0 Å². The third-order valence-electron chi connectivity index (χ3n) is 9.68. The average Bonchev–Trinajstić information content (AvgIpc) is 3.05. The summed E-state index contributed by atoms with van der Waals surface area (Å²) in [5.41, 5.74) is -1.83. The van der Waals surface area contributed by atoms with Gasteiger partial charge in [0, 0.05) is 11.8 Å². The van der Waals surface area contributed by atoms with E-state index in [1.54, 1.807) is 20.8 Å². The quantitative estimate of drug-likeness (QED) is 0.105. The van der Waals surface area contributed by atoms with E-state index in [2.05, 4.69) is 50.8 Å². The van der Waals surface area contributed by atoms with E-state index in [4.69, 9.17) is 9.16 Å². The molecule has 2 aliphatic rings. The zero-order chi connectivity index (χ0) is 29.8. The molecule has 230 valence electrons. The maximum Gasteiger partial charge on any atom is 0.310 e. The molecule has 1 aliphatic carbocycles. The highest BCUT2D eigenvalue weighted by Crippen LogP contribution is 2.56. The number of esters is 1. The molecule has 0 aromatic heterocycles. The van der Waals surface area contributed by atoms with Gasteiger partial charge in [-0.3, -0.25) is 4.79 Å². The van der Waals surface area contributed by atoms with Crippen molar-refractivity contribution >= 4 is 24.3 Å². The standard InChI is InChI=1S/C30H60N2O5SSi/c1-11-13-14-15-16-17-24(12-2)26(33)36-30(32-38(34,35)27(3,4)5)23-25(37-39(9,10)28(6,7)8)22-29(30)18-20-31-21-19-29/h24-25,31-32H,11-23H2,1-10H3/t24-,25-,30-/m1/s1. The van der Waals surface area contributed by atoms with Crippen LogP contribution in [0.4, 0.5) is 0 Å². The molecular formula is C30H60N2O5SSi. The second-order valence-electron chi connectivity index (χ2n) is 14.7. The first-order valence-electron chi connectivity index (χ1n) is 15.5. The molecule has 2 rings (SSSR count). The first-order chi connectivity index (χ1) is 17.9. The molecule has 0 aromatic carbocycles. The summed E-state index contributed by atoms with van der Waals surface area (Å²) in [6.07, 6.45) is 9.48. The Morgan fingerprint density at radius 1 is 1.00 bits per heavy atom. The first kappa shape index (κ1) is 34.7. The fourth-order valence-corrected chi connectivity index (χ4v) is 8.26. The molecule has 0 aromatic rings. The number of ether oxygens (including phenoxy) is 1. The molecule has 0 bridgehead atoms. The van der Waals surface area contributed by atoms with Gasteiger partial charge in [-0.25, -0.2) is 8.42 Å². The normalized spacial score (nSPS) is 25.1. The molecule has 1 saturated heterocycles. The van der Waals surface area contributed by atoms with E-state index in [1.165, 1.54) is 19.3 Å². The monoisotopic (exact) mass is 588 g/mol.